The predicted molar refractivity (Wildman–Crippen MR) is 139 cm³/mol. The molecule has 2 aliphatic heterocycles. The highest BCUT2D eigenvalue weighted by atomic mass is 16.5. The number of benzene rings is 1. The molecule has 0 N–H and O–H groups in total. The minimum Gasteiger partial charge on any atom is -0.497 e. The molecule has 0 radical (unpaired) electrons. The molecule has 0 aliphatic carbocycles. The highest BCUT2D eigenvalue weighted by Crippen LogP contribution is 2.45. The number of methoxy groups -OCH3 is 1. The zero-order valence-electron chi connectivity index (χ0n) is 21.9. The van der Waals surface area contributed by atoms with Crippen molar-refractivity contribution >= 4 is 11.8 Å². The number of ether oxygens (including phenoxy) is 1. The predicted octanol–water partition coefficient (Wildman–Crippen LogP) is 4.09. The number of amides is 2. The molecule has 6 rings (SSSR count). The van der Waals surface area contributed by atoms with Crippen LogP contribution < -0.4 is 4.74 Å². The second-order valence-electron chi connectivity index (χ2n) is 9.98. The highest BCUT2D eigenvalue weighted by Gasteiger charge is 2.56. The number of carbonyl (C=O) groups excluding carboxylic acids is 2. The average Bonchev–Trinajstić information content (AvgIpc) is 3.73. The van der Waals surface area contributed by atoms with Gasteiger partial charge in [-0.3, -0.25) is 14.3 Å². The molecule has 10 nitrogen and oxygen atoms in total. The maximum absolute atomic E-state index is 14.0. The Morgan fingerprint density at radius 2 is 1.97 bits per heavy atom. The molecule has 2 amide bonds. The van der Waals surface area contributed by atoms with Crippen molar-refractivity contribution in [3.05, 3.63) is 77.7 Å². The first kappa shape index (κ1) is 24.0. The van der Waals surface area contributed by atoms with E-state index < -0.39 is 5.66 Å². The monoisotopic (exact) mass is 514 g/mol. The van der Waals surface area contributed by atoms with Crippen LogP contribution in [0.2, 0.25) is 0 Å². The SMILES string of the molecule is CCC(C)n1cc(-c2cc3n(c2)CC2(c4ccc(OC)cc4)N(C(=O)c4conc4C)CCN2C3=O)cn1. The number of aryl methyl sites for hydroxylation is 1. The van der Waals surface area contributed by atoms with Gasteiger partial charge in [0.2, 0.25) is 0 Å². The lowest BCUT2D eigenvalue weighted by molar-refractivity contribution is -0.00597. The van der Waals surface area contributed by atoms with E-state index in [4.69, 9.17) is 9.26 Å². The fourth-order valence-corrected chi connectivity index (χ4v) is 5.60. The van der Waals surface area contributed by atoms with E-state index >= 15 is 0 Å². The third-order valence-corrected chi connectivity index (χ3v) is 7.95. The molecule has 2 atom stereocenters. The van der Waals surface area contributed by atoms with E-state index in [1.807, 2.05) is 63.1 Å². The number of nitrogens with zero attached hydrogens (tertiary/aromatic N) is 6. The van der Waals surface area contributed by atoms with E-state index in [-0.39, 0.29) is 17.9 Å². The molecule has 1 fully saturated rings. The third-order valence-electron chi connectivity index (χ3n) is 7.95. The first-order chi connectivity index (χ1) is 18.4. The van der Waals surface area contributed by atoms with Crippen molar-refractivity contribution in [3.63, 3.8) is 0 Å². The summed E-state index contributed by atoms with van der Waals surface area (Å²) in [6.45, 7) is 7.18. The van der Waals surface area contributed by atoms with E-state index in [1.54, 1.807) is 18.9 Å². The van der Waals surface area contributed by atoms with Gasteiger partial charge in [0.05, 0.1) is 25.5 Å². The van der Waals surface area contributed by atoms with Crippen molar-refractivity contribution in [1.29, 1.82) is 0 Å². The fourth-order valence-electron chi connectivity index (χ4n) is 5.60. The largest absolute Gasteiger partial charge is 0.497 e. The van der Waals surface area contributed by atoms with Crippen molar-refractivity contribution in [2.75, 3.05) is 20.2 Å². The van der Waals surface area contributed by atoms with Crippen LogP contribution in [0.3, 0.4) is 0 Å². The lowest BCUT2D eigenvalue weighted by Crippen LogP contribution is -2.60. The third kappa shape index (κ3) is 3.47. The van der Waals surface area contributed by atoms with Gasteiger partial charge in [-0.2, -0.15) is 5.10 Å². The van der Waals surface area contributed by atoms with Crippen LogP contribution in [-0.4, -0.2) is 61.3 Å². The molecule has 2 aliphatic rings. The summed E-state index contributed by atoms with van der Waals surface area (Å²) in [5.74, 6) is 0.359. The van der Waals surface area contributed by atoms with Crippen LogP contribution in [0.4, 0.5) is 0 Å². The lowest BCUT2D eigenvalue weighted by atomic mass is 9.93. The van der Waals surface area contributed by atoms with Crippen molar-refractivity contribution in [2.24, 2.45) is 0 Å². The van der Waals surface area contributed by atoms with Crippen molar-refractivity contribution in [1.82, 2.24) is 29.3 Å². The average molecular weight is 515 g/mol. The second-order valence-corrected chi connectivity index (χ2v) is 9.98. The Labute approximate surface area is 220 Å². The molecule has 196 valence electrons. The molecule has 0 spiro atoms. The van der Waals surface area contributed by atoms with E-state index in [0.717, 1.165) is 23.1 Å². The summed E-state index contributed by atoms with van der Waals surface area (Å²) < 4.78 is 14.4. The number of rotatable bonds is 6. The quantitative estimate of drug-likeness (QED) is 0.384. The Morgan fingerprint density at radius 1 is 1.18 bits per heavy atom. The highest BCUT2D eigenvalue weighted by molar-refractivity contribution is 5.99. The summed E-state index contributed by atoms with van der Waals surface area (Å²) in [7, 11) is 1.61. The van der Waals surface area contributed by atoms with Gasteiger partial charge in [0, 0.05) is 48.2 Å². The van der Waals surface area contributed by atoms with Gasteiger partial charge in [-0.1, -0.05) is 24.2 Å². The van der Waals surface area contributed by atoms with Crippen molar-refractivity contribution in [2.45, 2.75) is 45.4 Å². The summed E-state index contributed by atoms with van der Waals surface area (Å²) in [5, 5.41) is 8.43. The zero-order chi connectivity index (χ0) is 26.6. The van der Waals surface area contributed by atoms with Crippen LogP contribution in [0.15, 0.2) is 59.7 Å². The molecule has 10 heteroatoms. The van der Waals surface area contributed by atoms with Crippen LogP contribution >= 0.6 is 0 Å². The first-order valence-corrected chi connectivity index (χ1v) is 12.8. The number of hydrogen-bond donors (Lipinski definition) is 0. The molecular formula is C28H30N6O4. The van der Waals surface area contributed by atoms with Crippen LogP contribution in [0, 0.1) is 6.92 Å². The van der Waals surface area contributed by atoms with Gasteiger partial charge in [-0.15, -0.1) is 0 Å². The normalized spacial score (nSPS) is 19.4. The second kappa shape index (κ2) is 8.90. The molecule has 5 heterocycles. The Balaban J connectivity index is 1.46. The smallest absolute Gasteiger partial charge is 0.272 e. The Hall–Kier alpha value is -4.34. The van der Waals surface area contributed by atoms with Gasteiger partial charge in [0.15, 0.2) is 5.66 Å². The standard InChI is InChI=1S/C28H30N6O4/c1-5-18(2)34-15-21(13-29-34)20-12-25-27(36)33-11-10-32(26(35)24-16-38-30-19(24)3)28(33,17-31(25)14-20)22-6-8-23(37-4)9-7-22/h6-9,12-16,18H,5,10-11,17H2,1-4H3. The fraction of sp³-hybridized carbons (Fsp3) is 0.357. The van der Waals surface area contributed by atoms with Crippen molar-refractivity contribution in [3.8, 4) is 16.9 Å². The molecule has 0 saturated carbocycles. The number of aromatic nitrogens is 4. The maximum Gasteiger partial charge on any atom is 0.272 e. The van der Waals surface area contributed by atoms with Gasteiger partial charge < -0.3 is 23.6 Å². The lowest BCUT2D eigenvalue weighted by Gasteiger charge is -2.47. The molecular weight excluding hydrogens is 484 g/mol. The maximum atomic E-state index is 14.0. The van der Waals surface area contributed by atoms with Crippen LogP contribution in [0.5, 0.6) is 5.75 Å². The van der Waals surface area contributed by atoms with Crippen LogP contribution in [-0.2, 0) is 12.2 Å². The Bertz CT molecular complexity index is 1520. The minimum absolute atomic E-state index is 0.120. The summed E-state index contributed by atoms with van der Waals surface area (Å²) in [6.07, 6.45) is 8.19. The molecule has 0 bridgehead atoms. The minimum atomic E-state index is -1.02. The Morgan fingerprint density at radius 3 is 2.66 bits per heavy atom. The number of fused-ring (bicyclic) bond motifs is 2. The Kier molecular flexibility index (Phi) is 5.62. The zero-order valence-corrected chi connectivity index (χ0v) is 21.9. The van der Waals surface area contributed by atoms with E-state index in [1.165, 1.54) is 6.26 Å². The molecule has 1 aromatic carbocycles. The molecule has 1 saturated heterocycles. The van der Waals surface area contributed by atoms with Gasteiger partial charge in [-0.05, 0) is 38.5 Å². The summed E-state index contributed by atoms with van der Waals surface area (Å²) in [4.78, 5) is 31.5. The molecule has 38 heavy (non-hydrogen) atoms. The van der Waals surface area contributed by atoms with E-state index in [9.17, 15) is 9.59 Å². The van der Waals surface area contributed by atoms with Crippen LogP contribution in [0.25, 0.3) is 11.1 Å². The van der Waals surface area contributed by atoms with Gasteiger partial charge in [0.25, 0.3) is 11.8 Å². The summed E-state index contributed by atoms with van der Waals surface area (Å²) in [5.41, 5.74) is 3.18. The van der Waals surface area contributed by atoms with Gasteiger partial charge in [-0.25, -0.2) is 0 Å². The van der Waals surface area contributed by atoms with E-state index in [0.29, 0.717) is 42.3 Å². The summed E-state index contributed by atoms with van der Waals surface area (Å²) >= 11 is 0. The number of hydrogen-bond acceptors (Lipinski definition) is 6. The summed E-state index contributed by atoms with van der Waals surface area (Å²) in [6, 6.07) is 9.78. The molecule has 3 aromatic heterocycles. The number of carbonyl (C=O) groups is 2. The first-order valence-electron chi connectivity index (χ1n) is 12.8. The van der Waals surface area contributed by atoms with Gasteiger partial charge in [0.1, 0.15) is 23.3 Å². The topological polar surface area (TPSA) is 98.6 Å². The van der Waals surface area contributed by atoms with Crippen LogP contribution in [0.1, 0.15) is 58.4 Å². The molecule has 4 aromatic rings. The van der Waals surface area contributed by atoms with E-state index in [2.05, 4.69) is 24.1 Å². The van der Waals surface area contributed by atoms with Crippen molar-refractivity contribution < 1.29 is 18.8 Å². The van der Waals surface area contributed by atoms with Gasteiger partial charge >= 0.3 is 0 Å². The molecule has 2 unspecified atom stereocenters.